The molecule has 1 amide bonds. The van der Waals surface area contributed by atoms with Crippen molar-refractivity contribution in [1.82, 2.24) is 23.9 Å². The first kappa shape index (κ1) is 39.5. The molecule has 0 unspecified atom stereocenters. The molecule has 11 nitrogen and oxygen atoms in total. The summed E-state index contributed by atoms with van der Waals surface area (Å²) >= 11 is 0. The number of likely N-dealkylation sites (tertiary alicyclic amines) is 2. The average molecular weight is 787 g/mol. The highest BCUT2D eigenvalue weighted by Gasteiger charge is 2.35. The SMILES string of the molecule is Cn1c(=O)n(-c2ccc(OCc3ccccc3)nc2OCc2ccccc2)c2ccc(N3CCC(CC4CCN([C@@H]5CCN(C(=O)OC(C)(C)C)C5)CC4)CC3)cc21. The molecule has 0 N–H and O–H groups in total. The lowest BCUT2D eigenvalue weighted by Gasteiger charge is -2.39. The summed E-state index contributed by atoms with van der Waals surface area (Å²) in [5.41, 5.74) is 4.81. The molecule has 3 fully saturated rings. The third-order valence-corrected chi connectivity index (χ3v) is 12.2. The fraction of sp³-hybridized carbons (Fsp3) is 0.468. The zero-order valence-electron chi connectivity index (χ0n) is 34.5. The number of hydrogen-bond acceptors (Lipinski definition) is 8. The summed E-state index contributed by atoms with van der Waals surface area (Å²) < 4.78 is 21.5. The van der Waals surface area contributed by atoms with Crippen LogP contribution in [-0.4, -0.2) is 80.9 Å². The highest BCUT2D eigenvalue weighted by atomic mass is 16.6. The summed E-state index contributed by atoms with van der Waals surface area (Å²) in [6, 6.07) is 30.4. The number of pyridine rings is 1. The Hall–Kier alpha value is -5.29. The lowest BCUT2D eigenvalue weighted by molar-refractivity contribution is 0.0273. The van der Waals surface area contributed by atoms with E-state index in [4.69, 9.17) is 19.2 Å². The van der Waals surface area contributed by atoms with Crippen LogP contribution >= 0.6 is 0 Å². The average Bonchev–Trinajstić information content (AvgIpc) is 3.83. The molecule has 5 aromatic rings. The molecule has 3 saturated heterocycles. The van der Waals surface area contributed by atoms with E-state index in [2.05, 4.69) is 28.0 Å². The van der Waals surface area contributed by atoms with Crippen molar-refractivity contribution in [1.29, 1.82) is 0 Å². The molecule has 8 rings (SSSR count). The van der Waals surface area contributed by atoms with E-state index >= 15 is 0 Å². The summed E-state index contributed by atoms with van der Waals surface area (Å²) in [5.74, 6) is 2.27. The molecule has 3 aliphatic heterocycles. The molecular weight excluding hydrogens is 729 g/mol. The Bertz CT molecular complexity index is 2220. The zero-order chi connectivity index (χ0) is 40.2. The molecule has 0 bridgehead atoms. The Morgan fingerprint density at radius 1 is 0.741 bits per heavy atom. The summed E-state index contributed by atoms with van der Waals surface area (Å²) in [4.78, 5) is 38.3. The fourth-order valence-corrected chi connectivity index (χ4v) is 8.97. The van der Waals surface area contributed by atoms with E-state index in [1.54, 1.807) is 15.2 Å². The van der Waals surface area contributed by atoms with Gasteiger partial charge >= 0.3 is 11.8 Å². The summed E-state index contributed by atoms with van der Waals surface area (Å²) in [6.45, 7) is 12.3. The van der Waals surface area contributed by atoms with Crippen LogP contribution in [0.3, 0.4) is 0 Å². The van der Waals surface area contributed by atoms with Crippen LogP contribution in [0.1, 0.15) is 70.4 Å². The third kappa shape index (κ3) is 9.20. The predicted octanol–water partition coefficient (Wildman–Crippen LogP) is 8.21. The van der Waals surface area contributed by atoms with Gasteiger partial charge in [0, 0.05) is 51.0 Å². The van der Waals surface area contributed by atoms with Crippen LogP contribution in [0, 0.1) is 11.8 Å². The van der Waals surface area contributed by atoms with Crippen LogP contribution in [0.15, 0.2) is 95.8 Å². The second-order valence-electron chi connectivity index (χ2n) is 17.4. The smallest absolute Gasteiger partial charge is 0.410 e. The highest BCUT2D eigenvalue weighted by molar-refractivity contribution is 5.82. The monoisotopic (exact) mass is 786 g/mol. The molecule has 0 aliphatic carbocycles. The molecule has 0 saturated carbocycles. The van der Waals surface area contributed by atoms with Crippen LogP contribution < -0.4 is 20.1 Å². The summed E-state index contributed by atoms with van der Waals surface area (Å²) in [6.07, 6.45) is 6.99. The number of amides is 1. The van der Waals surface area contributed by atoms with Gasteiger partial charge in [-0.2, -0.15) is 4.98 Å². The van der Waals surface area contributed by atoms with Crippen molar-refractivity contribution in [2.75, 3.05) is 44.2 Å². The van der Waals surface area contributed by atoms with E-state index in [0.29, 0.717) is 36.7 Å². The molecule has 1 atom stereocenters. The number of aryl methyl sites for hydroxylation is 1. The van der Waals surface area contributed by atoms with Crippen molar-refractivity contribution in [2.45, 2.75) is 84.2 Å². The molecule has 5 heterocycles. The molecule has 58 heavy (non-hydrogen) atoms. The lowest BCUT2D eigenvalue weighted by atomic mass is 9.82. The van der Waals surface area contributed by atoms with Gasteiger partial charge in [-0.1, -0.05) is 60.7 Å². The van der Waals surface area contributed by atoms with Crippen LogP contribution in [-0.2, 0) is 25.0 Å². The topological polar surface area (TPSA) is 94.3 Å². The van der Waals surface area contributed by atoms with E-state index in [-0.39, 0.29) is 11.8 Å². The first-order valence-electron chi connectivity index (χ1n) is 21.1. The van der Waals surface area contributed by atoms with Gasteiger partial charge in [0.1, 0.15) is 24.5 Å². The maximum absolute atomic E-state index is 14.0. The lowest BCUT2D eigenvalue weighted by Crippen LogP contribution is -2.44. The Morgan fingerprint density at radius 2 is 1.38 bits per heavy atom. The minimum atomic E-state index is -0.458. The van der Waals surface area contributed by atoms with Gasteiger partial charge < -0.3 is 24.0 Å². The number of carbonyl (C=O) groups is 1. The maximum Gasteiger partial charge on any atom is 0.410 e. The van der Waals surface area contributed by atoms with Gasteiger partial charge in [0.2, 0.25) is 11.8 Å². The van der Waals surface area contributed by atoms with Crippen LogP contribution in [0.4, 0.5) is 10.5 Å². The van der Waals surface area contributed by atoms with Crippen molar-refractivity contribution in [3.63, 3.8) is 0 Å². The van der Waals surface area contributed by atoms with Crippen LogP contribution in [0.2, 0.25) is 0 Å². The molecular formula is C47H58N6O5. The van der Waals surface area contributed by atoms with Crippen molar-refractivity contribution in [3.8, 4) is 17.4 Å². The molecule has 2 aromatic heterocycles. The highest BCUT2D eigenvalue weighted by Crippen LogP contribution is 2.35. The third-order valence-electron chi connectivity index (χ3n) is 12.2. The van der Waals surface area contributed by atoms with Gasteiger partial charge in [-0.3, -0.25) is 14.0 Å². The second kappa shape index (κ2) is 17.3. The standard InChI is InChI=1S/C47H58N6O5/c1-47(2,3)58-46(55)52-28-23-39(31-52)51-26-21-35(22-27-51)29-34-19-24-50(25-20-34)38-15-16-40-42(30-38)49(4)45(54)53(40)41-17-18-43(56-32-36-11-7-5-8-12-36)48-44(41)57-33-37-13-9-6-10-14-37/h5-18,30,34-35,39H,19-29,31-33H2,1-4H3/t39-/m1/s1. The minimum Gasteiger partial charge on any atom is -0.473 e. The van der Waals surface area contributed by atoms with E-state index in [0.717, 1.165) is 85.4 Å². The number of benzene rings is 3. The van der Waals surface area contributed by atoms with E-state index < -0.39 is 5.60 Å². The number of hydrogen-bond donors (Lipinski definition) is 0. The largest absolute Gasteiger partial charge is 0.473 e. The number of nitrogens with zero attached hydrogens (tertiary/aromatic N) is 6. The van der Waals surface area contributed by atoms with Gasteiger partial charge in [-0.15, -0.1) is 0 Å². The molecule has 0 spiro atoms. The maximum atomic E-state index is 14.0. The number of rotatable bonds is 11. The number of fused-ring (bicyclic) bond motifs is 1. The second-order valence-corrected chi connectivity index (χ2v) is 17.4. The van der Waals surface area contributed by atoms with E-state index in [1.807, 2.05) is 99.4 Å². The summed E-state index contributed by atoms with van der Waals surface area (Å²) in [7, 11) is 1.83. The first-order valence-corrected chi connectivity index (χ1v) is 21.1. The molecule has 0 radical (unpaired) electrons. The molecule has 3 aliphatic rings. The van der Waals surface area contributed by atoms with Crippen LogP contribution in [0.25, 0.3) is 16.7 Å². The Balaban J connectivity index is 0.897. The first-order chi connectivity index (χ1) is 28.1. The quantitative estimate of drug-likeness (QED) is 0.132. The minimum absolute atomic E-state index is 0.158. The number of carbonyl (C=O) groups excluding carboxylic acids is 1. The Kier molecular flexibility index (Phi) is 11.8. The van der Waals surface area contributed by atoms with Crippen LogP contribution in [0.5, 0.6) is 11.8 Å². The van der Waals surface area contributed by atoms with Crippen molar-refractivity contribution in [3.05, 3.63) is 113 Å². The van der Waals surface area contributed by atoms with Gasteiger partial charge in [-0.25, -0.2) is 9.59 Å². The van der Waals surface area contributed by atoms with E-state index in [9.17, 15) is 9.59 Å². The number of ether oxygens (including phenoxy) is 3. The number of imidazole rings is 1. The Morgan fingerprint density at radius 3 is 2.03 bits per heavy atom. The molecule has 3 aromatic carbocycles. The van der Waals surface area contributed by atoms with Gasteiger partial charge in [0.25, 0.3) is 0 Å². The molecule has 306 valence electrons. The van der Waals surface area contributed by atoms with Gasteiger partial charge in [0.15, 0.2) is 0 Å². The van der Waals surface area contributed by atoms with Gasteiger partial charge in [-0.05, 0) is 120 Å². The fourth-order valence-electron chi connectivity index (χ4n) is 8.97. The van der Waals surface area contributed by atoms with E-state index in [1.165, 1.54) is 32.1 Å². The number of anilines is 1. The number of aromatic nitrogens is 3. The van der Waals surface area contributed by atoms with Gasteiger partial charge in [0.05, 0.1) is 11.0 Å². The van der Waals surface area contributed by atoms with Crippen molar-refractivity contribution >= 4 is 22.8 Å². The zero-order valence-corrected chi connectivity index (χ0v) is 34.5. The summed E-state index contributed by atoms with van der Waals surface area (Å²) in [5, 5.41) is 0. The van der Waals surface area contributed by atoms with Crippen molar-refractivity contribution < 1.29 is 19.0 Å². The number of piperidine rings is 2. The molecule has 11 heteroatoms. The predicted molar refractivity (Wildman–Crippen MR) is 228 cm³/mol. The Labute approximate surface area is 342 Å². The normalized spacial score (nSPS) is 18.5. The van der Waals surface area contributed by atoms with Crippen molar-refractivity contribution in [2.24, 2.45) is 18.9 Å².